The van der Waals surface area contributed by atoms with Crippen molar-refractivity contribution < 1.29 is 8.97 Å². The summed E-state index contributed by atoms with van der Waals surface area (Å²) in [6, 6.07) is 1.71. The fourth-order valence-corrected chi connectivity index (χ4v) is 4.47. The molecule has 0 aromatic heterocycles. The number of rotatable bonds is 2. The van der Waals surface area contributed by atoms with Crippen LogP contribution in [0.25, 0.3) is 0 Å². The molecule has 2 heteroatoms. The van der Waals surface area contributed by atoms with Gasteiger partial charge < -0.3 is 8.97 Å². The maximum atomic E-state index is 2.57. The van der Waals surface area contributed by atoms with Gasteiger partial charge in [0.15, 0.2) is 0 Å². The Kier molecular flexibility index (Phi) is 2.97. The van der Waals surface area contributed by atoms with E-state index in [1.54, 1.807) is 0 Å². The monoisotopic (exact) mass is 254 g/mol. The standard InChI is InChI=1S/C16H34N2/c1-15-9-13(17(3,4)5)11-16(15,2)12-14(10-15)18(6,7)8/h13-14H,9-12H2,1-8H3/q+2. The summed E-state index contributed by atoms with van der Waals surface area (Å²) in [5.74, 6) is 0. The number of hydrogen-bond acceptors (Lipinski definition) is 0. The average molecular weight is 254 g/mol. The topological polar surface area (TPSA) is 0 Å². The maximum Gasteiger partial charge on any atom is 0.0895 e. The Morgan fingerprint density at radius 3 is 1.00 bits per heavy atom. The molecule has 0 heterocycles. The largest absolute Gasteiger partial charge is 0.328 e. The van der Waals surface area contributed by atoms with Crippen LogP contribution in [-0.4, -0.2) is 63.3 Å². The lowest BCUT2D eigenvalue weighted by atomic mass is 9.71. The minimum atomic E-state index is 0.569. The molecule has 0 spiro atoms. The maximum absolute atomic E-state index is 2.57. The molecular weight excluding hydrogens is 220 g/mol. The molecule has 2 aliphatic carbocycles. The van der Waals surface area contributed by atoms with Crippen molar-refractivity contribution in [3.8, 4) is 0 Å². The van der Waals surface area contributed by atoms with Crippen LogP contribution in [0.3, 0.4) is 0 Å². The summed E-state index contributed by atoms with van der Waals surface area (Å²) in [7, 11) is 14.2. The second-order valence-corrected chi connectivity index (χ2v) is 9.48. The molecule has 0 aromatic rings. The van der Waals surface area contributed by atoms with E-state index >= 15 is 0 Å². The van der Waals surface area contributed by atoms with Crippen LogP contribution in [0.1, 0.15) is 39.5 Å². The smallest absolute Gasteiger partial charge is 0.0895 e. The summed E-state index contributed by atoms with van der Waals surface area (Å²) >= 11 is 0. The molecular formula is C16H34N2+2. The highest BCUT2D eigenvalue weighted by atomic mass is 15.3. The average Bonchev–Trinajstić information content (AvgIpc) is 2.48. The third kappa shape index (κ3) is 2.12. The van der Waals surface area contributed by atoms with Gasteiger partial charge in [-0.2, -0.15) is 0 Å². The molecule has 0 saturated heterocycles. The highest BCUT2D eigenvalue weighted by Gasteiger charge is 2.63. The first kappa shape index (κ1) is 14.3. The lowest BCUT2D eigenvalue weighted by Gasteiger charge is -2.36. The third-order valence-corrected chi connectivity index (χ3v) is 6.39. The van der Waals surface area contributed by atoms with E-state index in [9.17, 15) is 0 Å². The molecule has 2 aliphatic rings. The van der Waals surface area contributed by atoms with E-state index in [2.05, 4.69) is 56.1 Å². The van der Waals surface area contributed by atoms with E-state index in [-0.39, 0.29) is 0 Å². The van der Waals surface area contributed by atoms with Crippen molar-refractivity contribution in [2.75, 3.05) is 42.3 Å². The summed E-state index contributed by atoms with van der Waals surface area (Å²) in [5.41, 5.74) is 1.14. The molecule has 0 radical (unpaired) electrons. The van der Waals surface area contributed by atoms with E-state index in [0.717, 1.165) is 21.0 Å². The summed E-state index contributed by atoms with van der Waals surface area (Å²) < 4.78 is 2.28. The molecule has 2 fully saturated rings. The van der Waals surface area contributed by atoms with Gasteiger partial charge in [0.25, 0.3) is 0 Å². The van der Waals surface area contributed by atoms with Crippen LogP contribution in [0.2, 0.25) is 0 Å². The second-order valence-electron chi connectivity index (χ2n) is 9.48. The Hall–Kier alpha value is -0.0800. The quantitative estimate of drug-likeness (QED) is 0.665. The minimum Gasteiger partial charge on any atom is -0.328 e. The predicted molar refractivity (Wildman–Crippen MR) is 78.3 cm³/mol. The van der Waals surface area contributed by atoms with Gasteiger partial charge in [-0.15, -0.1) is 0 Å². The van der Waals surface area contributed by atoms with Crippen LogP contribution >= 0.6 is 0 Å². The Morgan fingerprint density at radius 1 is 0.611 bits per heavy atom. The summed E-state index contributed by atoms with van der Waals surface area (Å²) in [6.45, 7) is 5.14. The number of nitrogens with zero attached hydrogens (tertiary/aromatic N) is 2. The first-order chi connectivity index (χ1) is 7.87. The highest BCUT2D eigenvalue weighted by Crippen LogP contribution is 2.64. The second kappa shape index (κ2) is 3.73. The first-order valence-electron chi connectivity index (χ1n) is 7.50. The summed E-state index contributed by atoms with van der Waals surface area (Å²) in [6.07, 6.45) is 5.68. The molecule has 0 bridgehead atoms. The van der Waals surface area contributed by atoms with E-state index in [1.807, 2.05) is 0 Å². The van der Waals surface area contributed by atoms with Crippen molar-refractivity contribution >= 4 is 0 Å². The van der Waals surface area contributed by atoms with Gasteiger partial charge in [0.1, 0.15) is 0 Å². The number of hydrogen-bond donors (Lipinski definition) is 0. The van der Waals surface area contributed by atoms with Crippen molar-refractivity contribution in [3.63, 3.8) is 0 Å². The lowest BCUT2D eigenvalue weighted by Crippen LogP contribution is -2.47. The van der Waals surface area contributed by atoms with E-state index < -0.39 is 0 Å². The lowest BCUT2D eigenvalue weighted by molar-refractivity contribution is -0.900. The van der Waals surface area contributed by atoms with Gasteiger partial charge in [-0.1, -0.05) is 13.8 Å². The van der Waals surface area contributed by atoms with Crippen LogP contribution in [0.15, 0.2) is 0 Å². The van der Waals surface area contributed by atoms with Crippen molar-refractivity contribution in [3.05, 3.63) is 0 Å². The minimum absolute atomic E-state index is 0.569. The van der Waals surface area contributed by atoms with Crippen LogP contribution in [0.4, 0.5) is 0 Å². The predicted octanol–water partition coefficient (Wildman–Crippen LogP) is 2.74. The molecule has 0 atom stereocenters. The van der Waals surface area contributed by atoms with Crippen LogP contribution in [0, 0.1) is 10.8 Å². The molecule has 2 rings (SSSR count). The van der Waals surface area contributed by atoms with Crippen molar-refractivity contribution in [1.82, 2.24) is 0 Å². The van der Waals surface area contributed by atoms with Gasteiger partial charge in [0, 0.05) is 25.7 Å². The first-order valence-corrected chi connectivity index (χ1v) is 7.50. The molecule has 18 heavy (non-hydrogen) atoms. The van der Waals surface area contributed by atoms with Gasteiger partial charge in [-0.25, -0.2) is 0 Å². The Balaban J connectivity index is 2.21. The number of quaternary nitrogens is 2. The summed E-state index contributed by atoms with van der Waals surface area (Å²) in [4.78, 5) is 0. The van der Waals surface area contributed by atoms with Gasteiger partial charge in [0.2, 0.25) is 0 Å². The zero-order valence-corrected chi connectivity index (χ0v) is 13.9. The molecule has 0 N–H and O–H groups in total. The van der Waals surface area contributed by atoms with Crippen LogP contribution < -0.4 is 0 Å². The van der Waals surface area contributed by atoms with Gasteiger partial charge in [-0.05, 0) is 10.8 Å². The van der Waals surface area contributed by atoms with Crippen LogP contribution in [0.5, 0.6) is 0 Å². The Labute approximate surface area is 114 Å². The van der Waals surface area contributed by atoms with Gasteiger partial charge >= 0.3 is 0 Å². The molecule has 2 nitrogen and oxygen atoms in total. The SMILES string of the molecule is CC12CC([N+](C)(C)C)CC1(C)CC([N+](C)(C)C)C2. The van der Waals surface area contributed by atoms with Crippen molar-refractivity contribution in [2.45, 2.75) is 51.6 Å². The molecule has 2 saturated carbocycles. The number of fused-ring (bicyclic) bond motifs is 1. The van der Waals surface area contributed by atoms with Crippen molar-refractivity contribution in [2.24, 2.45) is 10.8 Å². The zero-order chi connectivity index (χ0) is 14.0. The Bertz CT molecular complexity index is 286. The zero-order valence-electron chi connectivity index (χ0n) is 13.9. The van der Waals surface area contributed by atoms with Crippen molar-refractivity contribution in [1.29, 1.82) is 0 Å². The normalized spacial score (nSPS) is 45.3. The van der Waals surface area contributed by atoms with Gasteiger partial charge in [0.05, 0.1) is 54.4 Å². The summed E-state index contributed by atoms with van der Waals surface area (Å²) in [5, 5.41) is 0. The Morgan fingerprint density at radius 2 is 0.833 bits per heavy atom. The van der Waals surface area contributed by atoms with E-state index in [0.29, 0.717) is 10.8 Å². The molecule has 0 unspecified atom stereocenters. The van der Waals surface area contributed by atoms with E-state index in [1.165, 1.54) is 25.7 Å². The molecule has 0 aromatic carbocycles. The van der Waals surface area contributed by atoms with Gasteiger partial charge in [-0.3, -0.25) is 0 Å². The highest BCUT2D eigenvalue weighted by molar-refractivity contribution is 5.08. The van der Waals surface area contributed by atoms with E-state index in [4.69, 9.17) is 0 Å². The fraction of sp³-hybridized carbons (Fsp3) is 1.00. The van der Waals surface area contributed by atoms with Crippen LogP contribution in [-0.2, 0) is 0 Å². The molecule has 106 valence electrons. The molecule has 0 aliphatic heterocycles. The molecule has 0 amide bonds. The third-order valence-electron chi connectivity index (χ3n) is 6.39. The fourth-order valence-electron chi connectivity index (χ4n) is 4.47.